The van der Waals surface area contributed by atoms with E-state index >= 15 is 0 Å². The van der Waals surface area contributed by atoms with Gasteiger partial charge in [-0.25, -0.2) is 13.1 Å². The molecule has 2 rings (SSSR count). The zero-order valence-corrected chi connectivity index (χ0v) is 15.3. The van der Waals surface area contributed by atoms with Gasteiger partial charge >= 0.3 is 0 Å². The Balaban J connectivity index is 2.01. The van der Waals surface area contributed by atoms with Crippen molar-refractivity contribution in [1.29, 1.82) is 0 Å². The molecule has 1 unspecified atom stereocenters. The summed E-state index contributed by atoms with van der Waals surface area (Å²) < 4.78 is 27.6. The summed E-state index contributed by atoms with van der Waals surface area (Å²) in [5, 5.41) is 3.75. The van der Waals surface area contributed by atoms with Gasteiger partial charge in [0.2, 0.25) is 10.0 Å². The molecule has 0 aliphatic carbocycles. The predicted molar refractivity (Wildman–Crippen MR) is 91.7 cm³/mol. The van der Waals surface area contributed by atoms with Crippen LogP contribution in [0.25, 0.3) is 0 Å². The summed E-state index contributed by atoms with van der Waals surface area (Å²) in [6.07, 6.45) is 2.30. The summed E-state index contributed by atoms with van der Waals surface area (Å²) in [5.74, 6) is 1.15. The van der Waals surface area contributed by atoms with Crippen LogP contribution in [0.5, 0.6) is 0 Å². The molecule has 1 fully saturated rings. The Morgan fingerprint density at radius 2 is 2.19 bits per heavy atom. The van der Waals surface area contributed by atoms with Gasteiger partial charge in [0.15, 0.2) is 0 Å². The van der Waals surface area contributed by atoms with Crippen LogP contribution < -0.4 is 10.0 Å². The van der Waals surface area contributed by atoms with E-state index in [9.17, 15) is 8.42 Å². The number of thioether (sulfide) groups is 1. The molecule has 0 saturated carbocycles. The van der Waals surface area contributed by atoms with Crippen molar-refractivity contribution < 1.29 is 8.42 Å². The van der Waals surface area contributed by atoms with E-state index in [-0.39, 0.29) is 0 Å². The summed E-state index contributed by atoms with van der Waals surface area (Å²) in [6, 6.07) is 2.20. The van der Waals surface area contributed by atoms with Crippen LogP contribution in [-0.2, 0) is 16.6 Å². The third kappa shape index (κ3) is 4.96. The van der Waals surface area contributed by atoms with Gasteiger partial charge in [-0.3, -0.25) is 0 Å². The Morgan fingerprint density at radius 1 is 1.43 bits per heavy atom. The number of thiophene rings is 1. The fourth-order valence-corrected chi connectivity index (χ4v) is 6.24. The molecular formula is C14H24N2O2S3. The lowest BCUT2D eigenvalue weighted by atomic mass is 10.2. The molecule has 0 radical (unpaired) electrons. The molecule has 1 atom stereocenters. The molecule has 0 bridgehead atoms. The van der Waals surface area contributed by atoms with E-state index in [1.807, 2.05) is 18.7 Å². The van der Waals surface area contributed by atoms with Crippen LogP contribution in [0.1, 0.15) is 36.4 Å². The number of rotatable bonds is 7. The second kappa shape index (κ2) is 7.46. The van der Waals surface area contributed by atoms with Crippen LogP contribution in [0.15, 0.2) is 11.0 Å². The van der Waals surface area contributed by atoms with Gasteiger partial charge < -0.3 is 5.32 Å². The fraction of sp³-hybridized carbons (Fsp3) is 0.714. The topological polar surface area (TPSA) is 58.2 Å². The van der Waals surface area contributed by atoms with Gasteiger partial charge in [-0.2, -0.15) is 11.8 Å². The molecule has 0 amide bonds. The standard InChI is InChI=1S/C14H24N2O2S3/c1-10(2)15-8-13-7-14(11(3)20-13)21(17,18)16-9-12-5-4-6-19-12/h7,10,12,15-16H,4-6,8-9H2,1-3H3. The van der Waals surface area contributed by atoms with E-state index in [1.54, 1.807) is 17.4 Å². The largest absolute Gasteiger partial charge is 0.310 e. The van der Waals surface area contributed by atoms with Crippen LogP contribution in [0.3, 0.4) is 0 Å². The van der Waals surface area contributed by atoms with Crippen molar-refractivity contribution in [2.75, 3.05) is 12.3 Å². The molecule has 0 aromatic carbocycles. The minimum absolute atomic E-state index is 0.393. The van der Waals surface area contributed by atoms with Gasteiger partial charge in [0.1, 0.15) is 0 Å². The number of nitrogens with one attached hydrogen (secondary N) is 2. The Labute approximate surface area is 136 Å². The maximum Gasteiger partial charge on any atom is 0.241 e. The lowest BCUT2D eigenvalue weighted by molar-refractivity contribution is 0.578. The first-order valence-corrected chi connectivity index (χ1v) is 10.7. The molecule has 2 heterocycles. The second-order valence-corrected chi connectivity index (χ2v) is 10.1. The molecular weight excluding hydrogens is 324 g/mol. The smallest absolute Gasteiger partial charge is 0.241 e. The summed E-state index contributed by atoms with van der Waals surface area (Å²) in [7, 11) is -3.38. The van der Waals surface area contributed by atoms with Crippen molar-refractivity contribution in [3.05, 3.63) is 15.8 Å². The van der Waals surface area contributed by atoms with Crippen molar-refractivity contribution in [2.24, 2.45) is 0 Å². The molecule has 1 aliphatic heterocycles. The Kier molecular flexibility index (Phi) is 6.14. The molecule has 1 aromatic heterocycles. The molecule has 4 nitrogen and oxygen atoms in total. The first-order valence-electron chi connectivity index (χ1n) is 7.32. The van der Waals surface area contributed by atoms with Gasteiger partial charge in [-0.15, -0.1) is 11.3 Å². The normalized spacial score (nSPS) is 19.5. The zero-order chi connectivity index (χ0) is 15.5. The quantitative estimate of drug-likeness (QED) is 0.795. The molecule has 120 valence electrons. The lowest BCUT2D eigenvalue weighted by Crippen LogP contribution is -2.30. The van der Waals surface area contributed by atoms with Crippen molar-refractivity contribution in [1.82, 2.24) is 10.0 Å². The number of hydrogen-bond acceptors (Lipinski definition) is 5. The van der Waals surface area contributed by atoms with Gasteiger partial charge in [0.25, 0.3) is 0 Å². The monoisotopic (exact) mass is 348 g/mol. The van der Waals surface area contributed by atoms with E-state index in [1.165, 1.54) is 6.42 Å². The van der Waals surface area contributed by atoms with Gasteiger partial charge in [0, 0.05) is 34.1 Å². The van der Waals surface area contributed by atoms with Crippen molar-refractivity contribution >= 4 is 33.1 Å². The van der Waals surface area contributed by atoms with E-state index in [4.69, 9.17) is 0 Å². The lowest BCUT2D eigenvalue weighted by Gasteiger charge is -2.10. The third-order valence-electron chi connectivity index (χ3n) is 3.42. The van der Waals surface area contributed by atoms with Gasteiger partial charge in [-0.05, 0) is 31.6 Å². The minimum Gasteiger partial charge on any atom is -0.310 e. The molecule has 2 N–H and O–H groups in total. The zero-order valence-electron chi connectivity index (χ0n) is 12.8. The molecule has 1 saturated heterocycles. The van der Waals surface area contributed by atoms with E-state index in [0.29, 0.717) is 22.7 Å². The maximum atomic E-state index is 12.4. The fourth-order valence-electron chi connectivity index (χ4n) is 2.27. The number of hydrogen-bond donors (Lipinski definition) is 2. The first kappa shape index (κ1) is 17.3. The van der Waals surface area contributed by atoms with Crippen molar-refractivity contribution in [3.8, 4) is 0 Å². The highest BCUT2D eigenvalue weighted by Gasteiger charge is 2.23. The average Bonchev–Trinajstić information content (AvgIpc) is 3.03. The Morgan fingerprint density at radius 3 is 2.81 bits per heavy atom. The minimum atomic E-state index is -3.38. The number of aryl methyl sites for hydroxylation is 1. The second-order valence-electron chi connectivity index (χ2n) is 5.66. The molecule has 1 aliphatic rings. The third-order valence-corrected chi connectivity index (χ3v) is 7.55. The van der Waals surface area contributed by atoms with Gasteiger partial charge in [-0.1, -0.05) is 13.8 Å². The van der Waals surface area contributed by atoms with E-state index in [0.717, 1.165) is 28.5 Å². The molecule has 1 aromatic rings. The summed E-state index contributed by atoms with van der Waals surface area (Å²) >= 11 is 3.42. The maximum absolute atomic E-state index is 12.4. The Bertz CT molecular complexity index is 561. The summed E-state index contributed by atoms with van der Waals surface area (Å²) in [4.78, 5) is 2.37. The highest BCUT2D eigenvalue weighted by atomic mass is 32.2. The van der Waals surface area contributed by atoms with Crippen LogP contribution >= 0.6 is 23.1 Å². The predicted octanol–water partition coefficient (Wildman–Crippen LogP) is 2.73. The highest BCUT2D eigenvalue weighted by Crippen LogP contribution is 2.28. The van der Waals surface area contributed by atoms with Gasteiger partial charge in [0.05, 0.1) is 4.90 Å². The van der Waals surface area contributed by atoms with Crippen molar-refractivity contribution in [2.45, 2.75) is 56.3 Å². The molecule has 7 heteroatoms. The average molecular weight is 349 g/mol. The van der Waals surface area contributed by atoms with Crippen molar-refractivity contribution in [3.63, 3.8) is 0 Å². The van der Waals surface area contributed by atoms with Crippen LogP contribution in [-0.4, -0.2) is 32.0 Å². The van der Waals surface area contributed by atoms with E-state index in [2.05, 4.69) is 23.9 Å². The molecule has 0 spiro atoms. The molecule has 21 heavy (non-hydrogen) atoms. The Hall–Kier alpha value is -0.0800. The van der Waals surface area contributed by atoms with E-state index < -0.39 is 10.0 Å². The van der Waals surface area contributed by atoms with Crippen LogP contribution in [0, 0.1) is 6.92 Å². The summed E-state index contributed by atoms with van der Waals surface area (Å²) in [5.41, 5.74) is 0. The van der Waals surface area contributed by atoms with Crippen LogP contribution in [0.2, 0.25) is 0 Å². The number of sulfonamides is 1. The highest BCUT2D eigenvalue weighted by molar-refractivity contribution is 8.00. The summed E-state index contributed by atoms with van der Waals surface area (Å²) in [6.45, 7) is 7.30. The van der Waals surface area contributed by atoms with Crippen LogP contribution in [0.4, 0.5) is 0 Å². The first-order chi connectivity index (χ1) is 9.88. The SMILES string of the molecule is Cc1sc(CNC(C)C)cc1S(=O)(=O)NCC1CCCS1.